The Morgan fingerprint density at radius 3 is 2.06 bits per heavy atom. The monoisotopic (exact) mass is 434 g/mol. The second-order valence-corrected chi connectivity index (χ2v) is 7.09. The van der Waals surface area contributed by atoms with Gasteiger partial charge in [0.25, 0.3) is 11.8 Å². The Morgan fingerprint density at radius 2 is 1.31 bits per heavy atom. The molecule has 0 atom stereocenters. The van der Waals surface area contributed by atoms with E-state index in [1.54, 1.807) is 24.3 Å². The number of carbonyl (C=O) groups excluding carboxylic acids is 2. The zero-order valence-corrected chi connectivity index (χ0v) is 16.6. The largest absolute Gasteiger partial charge is 0.416 e. The Morgan fingerprint density at radius 1 is 0.656 bits per heavy atom. The van der Waals surface area contributed by atoms with Crippen LogP contribution in [0, 0.1) is 0 Å². The van der Waals surface area contributed by atoms with E-state index in [9.17, 15) is 22.8 Å². The number of anilines is 2. The van der Waals surface area contributed by atoms with Gasteiger partial charge in [0.2, 0.25) is 0 Å². The van der Waals surface area contributed by atoms with Gasteiger partial charge in [0.15, 0.2) is 0 Å². The van der Waals surface area contributed by atoms with Gasteiger partial charge in [-0.05, 0) is 59.3 Å². The lowest BCUT2D eigenvalue weighted by Crippen LogP contribution is -2.14. The summed E-state index contributed by atoms with van der Waals surface area (Å²) in [6, 6.07) is 23.5. The summed E-state index contributed by atoms with van der Waals surface area (Å²) in [4.78, 5) is 25.1. The third-order valence-electron chi connectivity index (χ3n) is 4.89. The molecule has 0 aliphatic heterocycles. The number of carbonyl (C=O) groups is 2. The van der Waals surface area contributed by atoms with Gasteiger partial charge in [0.05, 0.1) is 5.56 Å². The van der Waals surface area contributed by atoms with Gasteiger partial charge in [0, 0.05) is 22.5 Å². The number of alkyl halides is 3. The minimum Gasteiger partial charge on any atom is -0.322 e. The van der Waals surface area contributed by atoms with Crippen LogP contribution in [0.3, 0.4) is 0 Å². The molecule has 2 N–H and O–H groups in total. The minimum absolute atomic E-state index is 0.0400. The molecule has 0 radical (unpaired) electrons. The number of rotatable bonds is 4. The molecule has 4 aromatic rings. The van der Waals surface area contributed by atoms with Crippen molar-refractivity contribution in [3.63, 3.8) is 0 Å². The molecule has 0 spiro atoms. The van der Waals surface area contributed by atoms with Gasteiger partial charge in [0.1, 0.15) is 0 Å². The Kier molecular flexibility index (Phi) is 5.64. The number of benzene rings is 4. The van der Waals surface area contributed by atoms with Gasteiger partial charge in [-0.1, -0.05) is 42.5 Å². The molecule has 4 rings (SSSR count). The van der Waals surface area contributed by atoms with E-state index in [0.717, 1.165) is 22.9 Å². The Labute approximate surface area is 181 Å². The highest BCUT2D eigenvalue weighted by molar-refractivity contribution is 6.13. The van der Waals surface area contributed by atoms with Gasteiger partial charge in [-0.2, -0.15) is 13.2 Å². The standard InChI is InChI=1S/C25H17F3N2O2/c26-25(27,28)18-7-4-8-20(15-18)30-23(31)17-11-13-19(14-12-17)29-24(32)22-10-3-6-16-5-1-2-9-21(16)22/h1-15H,(H,29,32)(H,30,31). The highest BCUT2D eigenvalue weighted by Gasteiger charge is 2.30. The summed E-state index contributed by atoms with van der Waals surface area (Å²) in [5.74, 6) is -0.848. The summed E-state index contributed by atoms with van der Waals surface area (Å²) in [6.07, 6.45) is -4.50. The SMILES string of the molecule is O=C(Nc1cccc(C(F)(F)F)c1)c1ccc(NC(=O)c2cccc3ccccc23)cc1. The molecule has 2 amide bonds. The van der Waals surface area contributed by atoms with Crippen molar-refractivity contribution in [2.45, 2.75) is 6.18 Å². The molecule has 32 heavy (non-hydrogen) atoms. The van der Waals surface area contributed by atoms with E-state index in [2.05, 4.69) is 10.6 Å². The summed E-state index contributed by atoms with van der Waals surface area (Å²) in [5, 5.41) is 7.02. The number of hydrogen-bond acceptors (Lipinski definition) is 2. The van der Waals surface area contributed by atoms with Gasteiger partial charge in [-0.15, -0.1) is 0 Å². The van der Waals surface area contributed by atoms with Crippen LogP contribution in [0.5, 0.6) is 0 Å². The molecule has 0 aliphatic carbocycles. The Hall–Kier alpha value is -4.13. The summed E-state index contributed by atoms with van der Waals surface area (Å²) in [5.41, 5.74) is 0.443. The summed E-state index contributed by atoms with van der Waals surface area (Å²) in [6.45, 7) is 0. The highest BCUT2D eigenvalue weighted by Crippen LogP contribution is 2.30. The van der Waals surface area contributed by atoms with Gasteiger partial charge in [-0.3, -0.25) is 9.59 Å². The summed E-state index contributed by atoms with van der Waals surface area (Å²) < 4.78 is 38.5. The van der Waals surface area contributed by atoms with Crippen LogP contribution in [0.25, 0.3) is 10.8 Å². The Bertz CT molecular complexity index is 1290. The van der Waals surface area contributed by atoms with Gasteiger partial charge >= 0.3 is 6.18 Å². The maximum atomic E-state index is 12.8. The highest BCUT2D eigenvalue weighted by atomic mass is 19.4. The fourth-order valence-corrected chi connectivity index (χ4v) is 3.30. The van der Waals surface area contributed by atoms with E-state index >= 15 is 0 Å². The van der Waals surface area contributed by atoms with Crippen molar-refractivity contribution in [1.29, 1.82) is 0 Å². The average molecular weight is 434 g/mol. The summed E-state index contributed by atoms with van der Waals surface area (Å²) in [7, 11) is 0. The molecule has 160 valence electrons. The molecule has 0 bridgehead atoms. The third kappa shape index (κ3) is 4.62. The quantitative estimate of drug-likeness (QED) is 0.393. The van der Waals surface area contributed by atoms with Crippen molar-refractivity contribution in [2.75, 3.05) is 10.6 Å². The number of fused-ring (bicyclic) bond motifs is 1. The van der Waals surface area contributed by atoms with Crippen molar-refractivity contribution in [2.24, 2.45) is 0 Å². The molecule has 0 saturated carbocycles. The molecule has 0 saturated heterocycles. The van der Waals surface area contributed by atoms with E-state index in [0.29, 0.717) is 11.3 Å². The van der Waals surface area contributed by atoms with E-state index in [1.807, 2.05) is 30.3 Å². The second kappa shape index (κ2) is 8.55. The van der Waals surface area contributed by atoms with Crippen LogP contribution in [-0.4, -0.2) is 11.8 Å². The topological polar surface area (TPSA) is 58.2 Å². The molecule has 0 fully saturated rings. The smallest absolute Gasteiger partial charge is 0.322 e. The molecule has 0 aliphatic rings. The van der Waals surface area contributed by atoms with E-state index in [1.165, 1.54) is 24.3 Å². The van der Waals surface area contributed by atoms with Crippen LogP contribution in [0.15, 0.2) is 91.0 Å². The predicted octanol–water partition coefficient (Wildman–Crippen LogP) is 6.36. The van der Waals surface area contributed by atoms with E-state index < -0.39 is 17.6 Å². The zero-order valence-electron chi connectivity index (χ0n) is 16.6. The number of halogens is 3. The van der Waals surface area contributed by atoms with Crippen LogP contribution < -0.4 is 10.6 Å². The predicted molar refractivity (Wildman–Crippen MR) is 118 cm³/mol. The van der Waals surface area contributed by atoms with Crippen molar-refractivity contribution < 1.29 is 22.8 Å². The number of nitrogens with one attached hydrogen (secondary N) is 2. The normalized spacial score (nSPS) is 11.2. The first-order valence-electron chi connectivity index (χ1n) is 9.69. The van der Waals surface area contributed by atoms with Gasteiger partial charge < -0.3 is 10.6 Å². The summed E-state index contributed by atoms with van der Waals surface area (Å²) >= 11 is 0. The van der Waals surface area contributed by atoms with E-state index in [-0.39, 0.29) is 17.2 Å². The van der Waals surface area contributed by atoms with Crippen molar-refractivity contribution in [1.82, 2.24) is 0 Å². The molecule has 0 unspecified atom stereocenters. The first kappa shape index (κ1) is 21.1. The van der Waals surface area contributed by atoms with Crippen LogP contribution in [0.2, 0.25) is 0 Å². The second-order valence-electron chi connectivity index (χ2n) is 7.09. The lowest BCUT2D eigenvalue weighted by atomic mass is 10.0. The number of amides is 2. The van der Waals surface area contributed by atoms with Crippen molar-refractivity contribution in [3.05, 3.63) is 108 Å². The molecule has 7 heteroatoms. The zero-order chi connectivity index (χ0) is 22.7. The fraction of sp³-hybridized carbons (Fsp3) is 0.0400. The molecular formula is C25H17F3N2O2. The fourth-order valence-electron chi connectivity index (χ4n) is 3.30. The Balaban J connectivity index is 1.46. The van der Waals surface area contributed by atoms with Crippen LogP contribution in [0.4, 0.5) is 24.5 Å². The van der Waals surface area contributed by atoms with E-state index in [4.69, 9.17) is 0 Å². The first-order chi connectivity index (χ1) is 15.3. The van der Waals surface area contributed by atoms with Crippen LogP contribution in [-0.2, 0) is 6.18 Å². The molecular weight excluding hydrogens is 417 g/mol. The molecule has 4 nitrogen and oxygen atoms in total. The maximum absolute atomic E-state index is 12.8. The first-order valence-corrected chi connectivity index (χ1v) is 9.69. The average Bonchev–Trinajstić information content (AvgIpc) is 2.78. The van der Waals surface area contributed by atoms with Crippen molar-refractivity contribution >= 4 is 34.0 Å². The molecule has 0 heterocycles. The van der Waals surface area contributed by atoms with Crippen LogP contribution in [0.1, 0.15) is 26.3 Å². The third-order valence-corrected chi connectivity index (χ3v) is 4.89. The maximum Gasteiger partial charge on any atom is 0.416 e. The minimum atomic E-state index is -4.50. The lowest BCUT2D eigenvalue weighted by Gasteiger charge is -2.11. The van der Waals surface area contributed by atoms with Gasteiger partial charge in [-0.25, -0.2) is 0 Å². The number of hydrogen-bond donors (Lipinski definition) is 2. The molecule has 0 aromatic heterocycles. The lowest BCUT2D eigenvalue weighted by molar-refractivity contribution is -0.137. The van der Waals surface area contributed by atoms with Crippen molar-refractivity contribution in [3.8, 4) is 0 Å². The van der Waals surface area contributed by atoms with Crippen LogP contribution >= 0.6 is 0 Å². The molecule has 4 aromatic carbocycles.